The van der Waals surface area contributed by atoms with Gasteiger partial charge in [-0.2, -0.15) is 0 Å². The first kappa shape index (κ1) is 23.5. The Morgan fingerprint density at radius 3 is 2.53 bits per heavy atom. The maximum Gasteiger partial charge on any atom is 0.238 e. The summed E-state index contributed by atoms with van der Waals surface area (Å²) in [5, 5.41) is 17.0. The van der Waals surface area contributed by atoms with Gasteiger partial charge in [-0.15, -0.1) is 10.2 Å². The van der Waals surface area contributed by atoms with E-state index in [-0.39, 0.29) is 16.6 Å². The number of methoxy groups -OCH3 is 1. The molecule has 4 aromatic rings. The number of nitrogens with one attached hydrogen (secondary N) is 1. The van der Waals surface area contributed by atoms with Crippen LogP contribution in [-0.4, -0.2) is 42.0 Å². The van der Waals surface area contributed by atoms with Gasteiger partial charge in [-0.3, -0.25) is 9.36 Å². The second kappa shape index (κ2) is 10.1. The third kappa shape index (κ3) is 5.45. The first-order valence-electron chi connectivity index (χ1n) is 10.1. The normalized spacial score (nSPS) is 11.2. The minimum atomic E-state index is -3.87. The molecule has 9 nitrogen and oxygen atoms in total. The predicted molar refractivity (Wildman–Crippen MR) is 131 cm³/mol. The third-order valence-electron chi connectivity index (χ3n) is 4.75. The maximum absolute atomic E-state index is 12.6. The molecule has 0 spiro atoms. The van der Waals surface area contributed by atoms with Gasteiger partial charge in [0.05, 0.1) is 17.8 Å². The molecule has 3 N–H and O–H groups in total. The van der Waals surface area contributed by atoms with Crippen LogP contribution in [0.5, 0.6) is 5.75 Å². The molecule has 4 rings (SSSR count). The van der Waals surface area contributed by atoms with Gasteiger partial charge in [0.25, 0.3) is 0 Å². The smallest absolute Gasteiger partial charge is 0.238 e. The molecule has 0 saturated heterocycles. The van der Waals surface area contributed by atoms with Crippen molar-refractivity contribution < 1.29 is 17.9 Å². The predicted octanol–water partition coefficient (Wildman–Crippen LogP) is 3.32. The van der Waals surface area contributed by atoms with Crippen LogP contribution in [0.1, 0.15) is 0 Å². The van der Waals surface area contributed by atoms with E-state index in [1.165, 1.54) is 30.0 Å². The molecule has 0 saturated carbocycles. The number of nitrogens with two attached hydrogens (primary N) is 1. The van der Waals surface area contributed by atoms with Crippen LogP contribution in [0.25, 0.3) is 17.1 Å². The van der Waals surface area contributed by atoms with Crippen molar-refractivity contribution >= 4 is 33.4 Å². The number of hydrogen-bond acceptors (Lipinski definition) is 7. The summed E-state index contributed by atoms with van der Waals surface area (Å²) < 4.78 is 30.3. The van der Waals surface area contributed by atoms with E-state index in [9.17, 15) is 13.2 Å². The first-order valence-corrected chi connectivity index (χ1v) is 12.6. The Labute approximate surface area is 201 Å². The second-order valence-corrected chi connectivity index (χ2v) is 9.62. The molecule has 3 aromatic carbocycles. The summed E-state index contributed by atoms with van der Waals surface area (Å²) in [5.41, 5.74) is 1.99. The number of benzene rings is 3. The molecule has 0 atom stereocenters. The van der Waals surface area contributed by atoms with Gasteiger partial charge in [0, 0.05) is 16.9 Å². The maximum atomic E-state index is 12.6. The summed E-state index contributed by atoms with van der Waals surface area (Å²) in [6.07, 6.45) is 0. The Hall–Kier alpha value is -3.67. The molecular weight excluding hydrogens is 474 g/mol. The quantitative estimate of drug-likeness (QED) is 0.359. The minimum absolute atomic E-state index is 0.0304. The molecule has 34 heavy (non-hydrogen) atoms. The van der Waals surface area contributed by atoms with Crippen molar-refractivity contribution in [2.24, 2.45) is 5.14 Å². The molecule has 0 radical (unpaired) electrons. The summed E-state index contributed by atoms with van der Waals surface area (Å²) in [5.74, 6) is 0.995. The fourth-order valence-corrected chi connectivity index (χ4v) is 4.51. The lowest BCUT2D eigenvalue weighted by atomic mass is 10.2. The Morgan fingerprint density at radius 1 is 1.03 bits per heavy atom. The van der Waals surface area contributed by atoms with Crippen molar-refractivity contribution in [2.45, 2.75) is 10.1 Å². The van der Waals surface area contributed by atoms with E-state index in [4.69, 9.17) is 9.88 Å². The number of carbonyl (C=O) groups is 1. The third-order valence-corrected chi connectivity index (χ3v) is 6.59. The lowest BCUT2D eigenvalue weighted by molar-refractivity contribution is -0.113. The number of hydrogen-bond donors (Lipinski definition) is 2. The summed E-state index contributed by atoms with van der Waals surface area (Å²) in [6.45, 7) is 0. The van der Waals surface area contributed by atoms with Crippen LogP contribution >= 0.6 is 11.8 Å². The van der Waals surface area contributed by atoms with Crippen molar-refractivity contribution in [3.8, 4) is 22.8 Å². The highest BCUT2D eigenvalue weighted by atomic mass is 32.2. The number of amides is 1. The van der Waals surface area contributed by atoms with E-state index < -0.39 is 10.0 Å². The average Bonchev–Trinajstić information content (AvgIpc) is 3.27. The molecule has 174 valence electrons. The first-order chi connectivity index (χ1) is 16.3. The molecule has 1 amide bonds. The highest BCUT2D eigenvalue weighted by molar-refractivity contribution is 7.99. The lowest BCUT2D eigenvalue weighted by Crippen LogP contribution is -2.16. The SMILES string of the molecule is COc1cccc(-c2nnc(SCC(=O)Nc3cccc(S(N)(=O)=O)c3)n2-c2ccccc2)c1. The van der Waals surface area contributed by atoms with Crippen LogP contribution in [0.4, 0.5) is 5.69 Å². The van der Waals surface area contributed by atoms with Gasteiger partial charge in [-0.05, 0) is 42.5 Å². The Bertz CT molecular complexity index is 1420. The van der Waals surface area contributed by atoms with Crippen LogP contribution in [0, 0.1) is 0 Å². The van der Waals surface area contributed by atoms with Crippen LogP contribution in [0.2, 0.25) is 0 Å². The highest BCUT2D eigenvalue weighted by Crippen LogP contribution is 2.29. The van der Waals surface area contributed by atoms with Crippen LogP contribution in [0.3, 0.4) is 0 Å². The summed E-state index contributed by atoms with van der Waals surface area (Å²) >= 11 is 1.21. The molecule has 0 aliphatic rings. The zero-order chi connectivity index (χ0) is 24.1. The van der Waals surface area contributed by atoms with E-state index in [1.54, 1.807) is 13.2 Å². The summed E-state index contributed by atoms with van der Waals surface area (Å²) in [6, 6.07) is 22.8. The largest absolute Gasteiger partial charge is 0.497 e. The Balaban J connectivity index is 1.58. The lowest BCUT2D eigenvalue weighted by Gasteiger charge is -2.11. The number of sulfonamides is 1. The topological polar surface area (TPSA) is 129 Å². The molecule has 0 aliphatic carbocycles. The van der Waals surface area contributed by atoms with Gasteiger partial charge in [0.2, 0.25) is 15.9 Å². The molecule has 0 unspecified atom stereocenters. The Kier molecular flexibility index (Phi) is 6.96. The van der Waals surface area contributed by atoms with Gasteiger partial charge < -0.3 is 10.1 Å². The van der Waals surface area contributed by atoms with Gasteiger partial charge in [0.1, 0.15) is 5.75 Å². The molecule has 0 bridgehead atoms. The van der Waals surface area contributed by atoms with Crippen molar-refractivity contribution in [1.82, 2.24) is 14.8 Å². The van der Waals surface area contributed by atoms with Crippen LogP contribution in [0.15, 0.2) is 88.9 Å². The number of carbonyl (C=O) groups excluding carboxylic acids is 1. The zero-order valence-corrected chi connectivity index (χ0v) is 19.7. The fourth-order valence-electron chi connectivity index (χ4n) is 3.20. The number of anilines is 1. The Morgan fingerprint density at radius 2 is 1.79 bits per heavy atom. The molecular formula is C23H21N5O4S2. The molecule has 1 heterocycles. The minimum Gasteiger partial charge on any atom is -0.497 e. The number of nitrogens with zero attached hydrogens (tertiary/aromatic N) is 3. The van der Waals surface area contributed by atoms with Crippen molar-refractivity contribution in [3.63, 3.8) is 0 Å². The van der Waals surface area contributed by atoms with E-state index in [1.807, 2.05) is 59.2 Å². The van der Waals surface area contributed by atoms with Crippen molar-refractivity contribution in [1.29, 1.82) is 0 Å². The zero-order valence-electron chi connectivity index (χ0n) is 18.1. The number of ether oxygens (including phenoxy) is 1. The molecule has 0 aliphatic heterocycles. The van der Waals surface area contributed by atoms with E-state index >= 15 is 0 Å². The average molecular weight is 496 g/mol. The van der Waals surface area contributed by atoms with E-state index in [0.717, 1.165) is 11.3 Å². The number of para-hydroxylation sites is 1. The monoisotopic (exact) mass is 495 g/mol. The van der Waals surface area contributed by atoms with Gasteiger partial charge >= 0.3 is 0 Å². The van der Waals surface area contributed by atoms with E-state index in [0.29, 0.717) is 22.4 Å². The van der Waals surface area contributed by atoms with Gasteiger partial charge in [-0.25, -0.2) is 13.6 Å². The van der Waals surface area contributed by atoms with Gasteiger partial charge in [0.15, 0.2) is 11.0 Å². The van der Waals surface area contributed by atoms with Crippen molar-refractivity contribution in [3.05, 3.63) is 78.9 Å². The number of aromatic nitrogens is 3. The number of thioether (sulfide) groups is 1. The summed E-state index contributed by atoms with van der Waals surface area (Å²) in [4.78, 5) is 12.5. The van der Waals surface area contributed by atoms with Crippen molar-refractivity contribution in [2.75, 3.05) is 18.2 Å². The standard InChI is InChI=1S/C23H21N5O4S2/c1-32-19-11-5-7-16(13-19)22-26-27-23(28(22)18-9-3-2-4-10-18)33-15-21(29)25-17-8-6-12-20(14-17)34(24,30)31/h2-14H,15H2,1H3,(H,25,29)(H2,24,30,31). The molecule has 11 heteroatoms. The van der Waals surface area contributed by atoms with Crippen LogP contribution < -0.4 is 15.2 Å². The summed E-state index contributed by atoms with van der Waals surface area (Å²) in [7, 11) is -2.27. The fraction of sp³-hybridized carbons (Fsp3) is 0.0870. The highest BCUT2D eigenvalue weighted by Gasteiger charge is 2.18. The second-order valence-electron chi connectivity index (χ2n) is 7.12. The number of primary sulfonamides is 1. The number of rotatable bonds is 8. The van der Waals surface area contributed by atoms with E-state index in [2.05, 4.69) is 15.5 Å². The molecule has 1 aromatic heterocycles. The van der Waals surface area contributed by atoms with Gasteiger partial charge in [-0.1, -0.05) is 48.2 Å². The van der Waals surface area contributed by atoms with Crippen LogP contribution in [-0.2, 0) is 14.8 Å². The molecule has 0 fully saturated rings.